The van der Waals surface area contributed by atoms with Gasteiger partial charge in [0.25, 0.3) is 5.56 Å². The van der Waals surface area contributed by atoms with Crippen molar-refractivity contribution in [3.05, 3.63) is 97.3 Å². The number of nitrogens with one attached hydrogen (secondary N) is 1. The highest BCUT2D eigenvalue weighted by Gasteiger charge is 2.18. The van der Waals surface area contributed by atoms with Gasteiger partial charge >= 0.3 is 5.69 Å². The number of benzene rings is 2. The predicted octanol–water partition coefficient (Wildman–Crippen LogP) is 3.29. The van der Waals surface area contributed by atoms with Crippen LogP contribution in [0.4, 0.5) is 4.39 Å². The molecule has 6 nitrogen and oxygen atoms in total. The van der Waals surface area contributed by atoms with Crippen LogP contribution in [0.1, 0.15) is 16.7 Å². The van der Waals surface area contributed by atoms with Crippen molar-refractivity contribution in [2.24, 2.45) is 0 Å². The fourth-order valence-corrected chi connectivity index (χ4v) is 4.24. The number of carbonyl (C=O) groups is 1. The Hall–Kier alpha value is -3.52. The van der Waals surface area contributed by atoms with Gasteiger partial charge in [0.1, 0.15) is 17.1 Å². The van der Waals surface area contributed by atoms with E-state index in [1.165, 1.54) is 28.0 Å². The standard InChI is InChI=1S/C23H20FN3O3S/c1-14-3-4-15(2)19(11-14)27-22(29)21-18(9-10-31-21)26(23(27)30)13-20(28)25-12-16-5-7-17(24)8-6-16/h3-11H,12-13H2,1-2H3,(H,25,28). The van der Waals surface area contributed by atoms with Crippen LogP contribution in [0.2, 0.25) is 0 Å². The van der Waals surface area contributed by atoms with Crippen molar-refractivity contribution in [1.29, 1.82) is 0 Å². The van der Waals surface area contributed by atoms with Crippen LogP contribution in [-0.4, -0.2) is 15.0 Å². The predicted molar refractivity (Wildman–Crippen MR) is 119 cm³/mol. The zero-order valence-electron chi connectivity index (χ0n) is 17.0. The molecule has 0 bridgehead atoms. The average Bonchev–Trinajstić information content (AvgIpc) is 3.23. The molecular formula is C23H20FN3O3S. The molecule has 0 saturated carbocycles. The lowest BCUT2D eigenvalue weighted by Crippen LogP contribution is -2.41. The summed E-state index contributed by atoms with van der Waals surface area (Å²) < 4.78 is 15.9. The summed E-state index contributed by atoms with van der Waals surface area (Å²) in [6.45, 7) is 3.69. The second-order valence-electron chi connectivity index (χ2n) is 7.34. The van der Waals surface area contributed by atoms with Crippen LogP contribution in [0.25, 0.3) is 15.9 Å². The lowest BCUT2D eigenvalue weighted by atomic mass is 10.1. The molecule has 2 heterocycles. The summed E-state index contributed by atoms with van der Waals surface area (Å²) in [5, 5.41) is 4.47. The summed E-state index contributed by atoms with van der Waals surface area (Å²) in [5.41, 5.74) is 2.41. The zero-order valence-corrected chi connectivity index (χ0v) is 17.8. The third kappa shape index (κ3) is 4.06. The molecule has 2 aromatic carbocycles. The first kappa shape index (κ1) is 20.7. The molecule has 8 heteroatoms. The van der Waals surface area contributed by atoms with E-state index >= 15 is 0 Å². The Kier molecular flexibility index (Phi) is 5.56. The van der Waals surface area contributed by atoms with E-state index in [2.05, 4.69) is 5.32 Å². The molecule has 0 aliphatic heterocycles. The number of nitrogens with zero attached hydrogens (tertiary/aromatic N) is 2. The fraction of sp³-hybridized carbons (Fsp3) is 0.174. The lowest BCUT2D eigenvalue weighted by Gasteiger charge is -2.14. The van der Waals surface area contributed by atoms with Crippen molar-refractivity contribution < 1.29 is 9.18 Å². The number of hydrogen-bond acceptors (Lipinski definition) is 4. The highest BCUT2D eigenvalue weighted by Crippen LogP contribution is 2.18. The summed E-state index contributed by atoms with van der Waals surface area (Å²) >= 11 is 1.23. The van der Waals surface area contributed by atoms with Gasteiger partial charge in [0, 0.05) is 6.54 Å². The van der Waals surface area contributed by atoms with Gasteiger partial charge in [-0.1, -0.05) is 24.3 Å². The second-order valence-corrected chi connectivity index (χ2v) is 8.25. The topological polar surface area (TPSA) is 73.1 Å². The van der Waals surface area contributed by atoms with Crippen molar-refractivity contribution in [1.82, 2.24) is 14.5 Å². The maximum Gasteiger partial charge on any atom is 0.336 e. The van der Waals surface area contributed by atoms with Crippen molar-refractivity contribution in [3.8, 4) is 5.69 Å². The highest BCUT2D eigenvalue weighted by atomic mass is 32.1. The number of aromatic nitrogens is 2. The van der Waals surface area contributed by atoms with Crippen molar-refractivity contribution in [3.63, 3.8) is 0 Å². The largest absolute Gasteiger partial charge is 0.350 e. The van der Waals surface area contributed by atoms with Gasteiger partial charge in [0.05, 0.1) is 11.2 Å². The monoisotopic (exact) mass is 437 g/mol. The molecule has 0 saturated heterocycles. The van der Waals surface area contributed by atoms with Gasteiger partial charge in [-0.25, -0.2) is 13.8 Å². The van der Waals surface area contributed by atoms with Crippen molar-refractivity contribution in [2.75, 3.05) is 0 Å². The molecule has 0 atom stereocenters. The molecule has 158 valence electrons. The molecule has 0 unspecified atom stereocenters. The van der Waals surface area contributed by atoms with Crippen LogP contribution in [0.3, 0.4) is 0 Å². The average molecular weight is 437 g/mol. The Labute approximate surface area is 181 Å². The fourth-order valence-electron chi connectivity index (χ4n) is 3.42. The first-order valence-electron chi connectivity index (χ1n) is 9.67. The number of amides is 1. The van der Waals surface area contributed by atoms with Crippen LogP contribution in [0, 0.1) is 19.7 Å². The van der Waals surface area contributed by atoms with Crippen LogP contribution in [-0.2, 0) is 17.9 Å². The molecule has 0 fully saturated rings. The molecule has 1 N–H and O–H groups in total. The van der Waals surface area contributed by atoms with Crippen LogP contribution < -0.4 is 16.6 Å². The van der Waals surface area contributed by atoms with E-state index in [1.807, 2.05) is 26.0 Å². The molecular weight excluding hydrogens is 417 g/mol. The molecule has 2 aromatic heterocycles. The van der Waals surface area contributed by atoms with E-state index in [1.54, 1.807) is 29.6 Å². The Morgan fingerprint density at radius 3 is 2.55 bits per heavy atom. The molecule has 0 radical (unpaired) electrons. The number of rotatable bonds is 5. The van der Waals surface area contributed by atoms with Gasteiger partial charge < -0.3 is 5.32 Å². The number of aryl methyl sites for hydroxylation is 2. The van der Waals surface area contributed by atoms with Gasteiger partial charge in [-0.05, 0) is 60.2 Å². The molecule has 0 aliphatic rings. The third-order valence-corrected chi connectivity index (χ3v) is 5.96. The van der Waals surface area contributed by atoms with E-state index < -0.39 is 11.2 Å². The van der Waals surface area contributed by atoms with Gasteiger partial charge in [0.15, 0.2) is 0 Å². The van der Waals surface area contributed by atoms with Crippen LogP contribution in [0.5, 0.6) is 0 Å². The summed E-state index contributed by atoms with van der Waals surface area (Å²) in [4.78, 5) is 39.0. The summed E-state index contributed by atoms with van der Waals surface area (Å²) in [5.74, 6) is -0.736. The molecule has 1 amide bonds. The number of halogens is 1. The molecule has 0 spiro atoms. The van der Waals surface area contributed by atoms with E-state index in [0.717, 1.165) is 21.3 Å². The Morgan fingerprint density at radius 1 is 1.06 bits per heavy atom. The first-order chi connectivity index (χ1) is 14.8. The van der Waals surface area contributed by atoms with Crippen LogP contribution >= 0.6 is 11.3 Å². The van der Waals surface area contributed by atoms with E-state index in [4.69, 9.17) is 0 Å². The van der Waals surface area contributed by atoms with Gasteiger partial charge in [-0.2, -0.15) is 0 Å². The van der Waals surface area contributed by atoms with E-state index in [9.17, 15) is 18.8 Å². The third-order valence-electron chi connectivity index (χ3n) is 5.06. The minimum atomic E-state index is -0.568. The molecule has 0 aliphatic carbocycles. The number of hydrogen-bond donors (Lipinski definition) is 1. The highest BCUT2D eigenvalue weighted by molar-refractivity contribution is 7.17. The maximum atomic E-state index is 13.3. The normalized spacial score (nSPS) is 11.1. The molecule has 4 aromatic rings. The summed E-state index contributed by atoms with van der Waals surface area (Å²) in [7, 11) is 0. The van der Waals surface area contributed by atoms with Gasteiger partial charge in [0.2, 0.25) is 5.91 Å². The van der Waals surface area contributed by atoms with Crippen molar-refractivity contribution >= 4 is 27.5 Å². The summed E-state index contributed by atoms with van der Waals surface area (Å²) in [6, 6.07) is 13.0. The van der Waals surface area contributed by atoms with Crippen LogP contribution in [0.15, 0.2) is 63.5 Å². The van der Waals surface area contributed by atoms with Crippen molar-refractivity contribution in [2.45, 2.75) is 26.9 Å². The van der Waals surface area contributed by atoms with Gasteiger partial charge in [-0.3, -0.25) is 14.2 Å². The Balaban J connectivity index is 1.72. The quantitative estimate of drug-likeness (QED) is 0.521. The Morgan fingerprint density at radius 2 is 1.81 bits per heavy atom. The van der Waals surface area contributed by atoms with E-state index in [0.29, 0.717) is 15.9 Å². The van der Waals surface area contributed by atoms with Gasteiger partial charge in [-0.15, -0.1) is 11.3 Å². The number of carbonyl (C=O) groups excluding carboxylic acids is 1. The lowest BCUT2D eigenvalue weighted by molar-refractivity contribution is -0.121. The SMILES string of the molecule is Cc1ccc(C)c(-n2c(=O)c3sccc3n(CC(=O)NCc3ccc(F)cc3)c2=O)c1. The summed E-state index contributed by atoms with van der Waals surface area (Å²) in [6.07, 6.45) is 0. The zero-order chi connectivity index (χ0) is 22.1. The smallest absolute Gasteiger partial charge is 0.336 e. The minimum Gasteiger partial charge on any atom is -0.350 e. The number of thiophene rings is 1. The molecule has 31 heavy (non-hydrogen) atoms. The first-order valence-corrected chi connectivity index (χ1v) is 10.5. The maximum absolute atomic E-state index is 13.3. The van der Waals surface area contributed by atoms with E-state index in [-0.39, 0.29) is 24.8 Å². The molecule has 4 rings (SSSR count). The minimum absolute atomic E-state index is 0.206. The second kappa shape index (κ2) is 8.31. The Bertz CT molecular complexity index is 1400. The number of fused-ring (bicyclic) bond motifs is 1.